The fourth-order valence-corrected chi connectivity index (χ4v) is 4.30. The summed E-state index contributed by atoms with van der Waals surface area (Å²) in [4.78, 5) is 16.6. The average molecular weight is 437 g/mol. The van der Waals surface area contributed by atoms with Gasteiger partial charge in [0.2, 0.25) is 10.0 Å². The molecule has 7 nitrogen and oxygen atoms in total. The first-order valence-electron chi connectivity index (χ1n) is 9.18. The Morgan fingerprint density at radius 3 is 2.47 bits per heavy atom. The molecule has 1 N–H and O–H groups in total. The summed E-state index contributed by atoms with van der Waals surface area (Å²) < 4.78 is 60.3. The molecule has 2 aromatic carbocycles. The van der Waals surface area contributed by atoms with Crippen LogP contribution in [-0.4, -0.2) is 30.0 Å². The van der Waals surface area contributed by atoms with Crippen LogP contribution in [0.3, 0.4) is 0 Å². The number of alkyl halides is 2. The van der Waals surface area contributed by atoms with Crippen LogP contribution in [0, 0.1) is 0 Å². The van der Waals surface area contributed by atoms with Gasteiger partial charge in [0.1, 0.15) is 0 Å². The van der Waals surface area contributed by atoms with Crippen molar-refractivity contribution in [1.82, 2.24) is 14.3 Å². The standard InChI is InChI=1S/C20H21F2N3O4S/c1-12(2)24-30(27,28)15-8-6-7-14(11-15)19(26)29-13(3)18-23-16-9-4-5-10-17(16)25(18)20(21)22/h4-13,20,24H,1-3H3. The van der Waals surface area contributed by atoms with Gasteiger partial charge in [-0.15, -0.1) is 0 Å². The Morgan fingerprint density at radius 1 is 1.10 bits per heavy atom. The maximum absolute atomic E-state index is 13.6. The molecule has 10 heteroatoms. The zero-order chi connectivity index (χ0) is 22.1. The lowest BCUT2D eigenvalue weighted by Gasteiger charge is -2.15. The monoisotopic (exact) mass is 437 g/mol. The minimum atomic E-state index is -3.80. The number of para-hydroxylation sites is 2. The molecular weight excluding hydrogens is 416 g/mol. The quantitative estimate of drug-likeness (QED) is 0.564. The highest BCUT2D eigenvalue weighted by Crippen LogP contribution is 2.28. The molecule has 1 aromatic heterocycles. The van der Waals surface area contributed by atoms with Gasteiger partial charge in [0, 0.05) is 6.04 Å². The highest BCUT2D eigenvalue weighted by molar-refractivity contribution is 7.89. The molecule has 0 bridgehead atoms. The Labute approximate surface area is 172 Å². The van der Waals surface area contributed by atoms with Gasteiger partial charge in [-0.1, -0.05) is 18.2 Å². The zero-order valence-electron chi connectivity index (χ0n) is 16.5. The van der Waals surface area contributed by atoms with Crippen molar-refractivity contribution in [2.24, 2.45) is 0 Å². The van der Waals surface area contributed by atoms with Crippen LogP contribution in [0.1, 0.15) is 49.6 Å². The van der Waals surface area contributed by atoms with Crippen LogP contribution < -0.4 is 4.72 Å². The van der Waals surface area contributed by atoms with Gasteiger partial charge in [0.05, 0.1) is 21.5 Å². The first kappa shape index (κ1) is 21.8. The lowest BCUT2D eigenvalue weighted by Crippen LogP contribution is -2.30. The summed E-state index contributed by atoms with van der Waals surface area (Å²) >= 11 is 0. The first-order valence-corrected chi connectivity index (χ1v) is 10.7. The number of rotatable bonds is 7. The lowest BCUT2D eigenvalue weighted by molar-refractivity contribution is 0.0233. The second-order valence-corrected chi connectivity index (χ2v) is 8.67. The van der Waals surface area contributed by atoms with Gasteiger partial charge < -0.3 is 4.74 Å². The Hall–Kier alpha value is -2.85. The predicted octanol–water partition coefficient (Wildman–Crippen LogP) is 4.04. The second kappa shape index (κ2) is 8.49. The van der Waals surface area contributed by atoms with E-state index in [9.17, 15) is 22.0 Å². The van der Waals surface area contributed by atoms with E-state index < -0.39 is 28.6 Å². The van der Waals surface area contributed by atoms with E-state index in [0.717, 1.165) is 0 Å². The number of hydrogen-bond donors (Lipinski definition) is 1. The molecule has 0 saturated carbocycles. The molecule has 1 atom stereocenters. The molecule has 0 amide bonds. The van der Waals surface area contributed by atoms with Crippen LogP contribution in [-0.2, 0) is 14.8 Å². The molecule has 0 saturated heterocycles. The number of ether oxygens (including phenoxy) is 1. The minimum Gasteiger partial charge on any atom is -0.451 e. The molecule has 30 heavy (non-hydrogen) atoms. The largest absolute Gasteiger partial charge is 0.451 e. The Bertz CT molecular complexity index is 1180. The number of nitrogens with one attached hydrogen (secondary N) is 1. The average Bonchev–Trinajstić information content (AvgIpc) is 3.07. The van der Waals surface area contributed by atoms with Crippen LogP contribution in [0.25, 0.3) is 11.0 Å². The van der Waals surface area contributed by atoms with Gasteiger partial charge in [-0.3, -0.25) is 4.57 Å². The number of esters is 1. The van der Waals surface area contributed by atoms with Crippen molar-refractivity contribution in [1.29, 1.82) is 0 Å². The van der Waals surface area contributed by atoms with E-state index in [0.29, 0.717) is 10.1 Å². The second-order valence-electron chi connectivity index (χ2n) is 6.96. The highest BCUT2D eigenvalue weighted by Gasteiger charge is 2.25. The van der Waals surface area contributed by atoms with E-state index in [1.807, 2.05) is 0 Å². The summed E-state index contributed by atoms with van der Waals surface area (Å²) in [5.74, 6) is -0.957. The van der Waals surface area contributed by atoms with Crippen LogP contribution in [0.5, 0.6) is 0 Å². The van der Waals surface area contributed by atoms with E-state index in [4.69, 9.17) is 4.74 Å². The van der Waals surface area contributed by atoms with Gasteiger partial charge >= 0.3 is 12.5 Å². The van der Waals surface area contributed by atoms with Crippen molar-refractivity contribution < 1.29 is 26.7 Å². The van der Waals surface area contributed by atoms with E-state index in [-0.39, 0.29) is 27.8 Å². The molecule has 0 aliphatic carbocycles. The summed E-state index contributed by atoms with van der Waals surface area (Å²) in [6.07, 6.45) is -1.09. The maximum Gasteiger partial charge on any atom is 0.338 e. The topological polar surface area (TPSA) is 90.3 Å². The predicted molar refractivity (Wildman–Crippen MR) is 107 cm³/mol. The van der Waals surface area contributed by atoms with E-state index in [1.54, 1.807) is 32.0 Å². The zero-order valence-corrected chi connectivity index (χ0v) is 17.4. The van der Waals surface area contributed by atoms with Crippen molar-refractivity contribution in [3.8, 4) is 0 Å². The smallest absolute Gasteiger partial charge is 0.338 e. The third-order valence-corrected chi connectivity index (χ3v) is 5.89. The lowest BCUT2D eigenvalue weighted by atomic mass is 10.2. The number of hydrogen-bond acceptors (Lipinski definition) is 5. The molecule has 0 aliphatic heterocycles. The van der Waals surface area contributed by atoms with Crippen molar-refractivity contribution >= 4 is 27.0 Å². The van der Waals surface area contributed by atoms with Gasteiger partial charge in [-0.25, -0.2) is 22.9 Å². The summed E-state index contributed by atoms with van der Waals surface area (Å²) in [6, 6.07) is 11.4. The van der Waals surface area contributed by atoms with Gasteiger partial charge in [0.25, 0.3) is 0 Å². The molecule has 160 valence electrons. The molecule has 3 aromatic rings. The normalized spacial score (nSPS) is 13.2. The molecule has 0 spiro atoms. The van der Waals surface area contributed by atoms with Crippen molar-refractivity contribution in [2.75, 3.05) is 0 Å². The van der Waals surface area contributed by atoms with E-state index >= 15 is 0 Å². The molecule has 0 aliphatic rings. The number of halogens is 2. The molecule has 0 radical (unpaired) electrons. The Morgan fingerprint density at radius 2 is 1.80 bits per heavy atom. The van der Waals surface area contributed by atoms with E-state index in [1.165, 1.54) is 37.3 Å². The molecule has 0 fully saturated rings. The Balaban J connectivity index is 1.88. The fraction of sp³-hybridized carbons (Fsp3) is 0.300. The number of carbonyl (C=O) groups excluding carboxylic acids is 1. The van der Waals surface area contributed by atoms with Crippen LogP contribution in [0.2, 0.25) is 0 Å². The highest BCUT2D eigenvalue weighted by atomic mass is 32.2. The third-order valence-electron chi connectivity index (χ3n) is 4.24. The maximum atomic E-state index is 13.6. The van der Waals surface area contributed by atoms with Crippen molar-refractivity contribution in [3.63, 3.8) is 0 Å². The SMILES string of the molecule is CC(C)NS(=O)(=O)c1cccc(C(=O)OC(C)c2nc3ccccc3n2C(F)F)c1. The van der Waals surface area contributed by atoms with Crippen LogP contribution in [0.15, 0.2) is 53.4 Å². The van der Waals surface area contributed by atoms with Crippen molar-refractivity contribution in [2.45, 2.75) is 44.4 Å². The fourth-order valence-electron chi connectivity index (χ4n) is 3.00. The molecular formula is C20H21F2N3O4S. The van der Waals surface area contributed by atoms with Crippen LogP contribution >= 0.6 is 0 Å². The minimum absolute atomic E-state index is 0.0202. The number of imidazole rings is 1. The number of fused-ring (bicyclic) bond motifs is 1. The molecule has 1 unspecified atom stereocenters. The number of nitrogens with zero attached hydrogens (tertiary/aromatic N) is 2. The number of carbonyl (C=O) groups is 1. The summed E-state index contributed by atoms with van der Waals surface area (Å²) in [5, 5.41) is 0. The number of sulfonamides is 1. The van der Waals surface area contributed by atoms with Gasteiger partial charge in [-0.05, 0) is 51.1 Å². The first-order chi connectivity index (χ1) is 14.1. The van der Waals surface area contributed by atoms with Crippen LogP contribution in [0.4, 0.5) is 8.78 Å². The Kier molecular flexibility index (Phi) is 6.18. The summed E-state index contributed by atoms with van der Waals surface area (Å²) in [5.41, 5.74) is 0.551. The summed E-state index contributed by atoms with van der Waals surface area (Å²) in [6.45, 7) is 1.90. The van der Waals surface area contributed by atoms with E-state index in [2.05, 4.69) is 9.71 Å². The van der Waals surface area contributed by atoms with Crippen molar-refractivity contribution in [3.05, 3.63) is 59.9 Å². The molecule has 1 heterocycles. The van der Waals surface area contributed by atoms with Gasteiger partial charge in [-0.2, -0.15) is 8.78 Å². The number of aromatic nitrogens is 2. The number of benzene rings is 2. The summed E-state index contributed by atoms with van der Waals surface area (Å²) in [7, 11) is -3.80. The third kappa shape index (κ3) is 4.49. The van der Waals surface area contributed by atoms with Gasteiger partial charge in [0.15, 0.2) is 11.9 Å². The molecule has 3 rings (SSSR count).